The first-order valence-electron chi connectivity index (χ1n) is 9.21. The number of nitrogens with zero attached hydrogens (tertiary/aromatic N) is 2. The molecule has 0 bridgehead atoms. The van der Waals surface area contributed by atoms with E-state index >= 15 is 0 Å². The molecular weight excluding hydrogens is 353 g/mol. The average Bonchev–Trinajstić information content (AvgIpc) is 3.26. The van der Waals surface area contributed by atoms with Crippen LogP contribution in [0.25, 0.3) is 10.9 Å². The number of aromatic nitrogens is 1. The van der Waals surface area contributed by atoms with Crippen molar-refractivity contribution in [1.29, 1.82) is 0 Å². The Morgan fingerprint density at radius 2 is 2.07 bits per heavy atom. The monoisotopic (exact) mass is 373 g/mol. The highest BCUT2D eigenvalue weighted by molar-refractivity contribution is 5.93. The van der Waals surface area contributed by atoms with Gasteiger partial charge in [0.15, 0.2) is 0 Å². The van der Waals surface area contributed by atoms with Gasteiger partial charge in [-0.1, -0.05) is 0 Å². The first-order chi connectivity index (χ1) is 13.0. The van der Waals surface area contributed by atoms with Crippen LogP contribution in [0.15, 0.2) is 23.1 Å². The molecule has 1 aliphatic carbocycles. The summed E-state index contributed by atoms with van der Waals surface area (Å²) in [5.74, 6) is -1.83. The quantitative estimate of drug-likeness (QED) is 0.846. The van der Waals surface area contributed by atoms with Crippen LogP contribution in [0.3, 0.4) is 0 Å². The van der Waals surface area contributed by atoms with Crippen LogP contribution in [0, 0.1) is 5.82 Å². The van der Waals surface area contributed by atoms with E-state index in [0.717, 1.165) is 19.3 Å². The van der Waals surface area contributed by atoms with Crippen LogP contribution < -0.4 is 16.1 Å². The third kappa shape index (κ3) is 2.47. The Hall–Kier alpha value is -2.45. The normalized spacial score (nSPS) is 27.3. The number of benzene rings is 1. The van der Waals surface area contributed by atoms with Crippen molar-refractivity contribution in [2.45, 2.75) is 43.5 Å². The van der Waals surface area contributed by atoms with Gasteiger partial charge >= 0.3 is 5.97 Å². The molecule has 3 unspecified atom stereocenters. The number of anilines is 1. The third-order valence-corrected chi connectivity index (χ3v) is 5.91. The van der Waals surface area contributed by atoms with E-state index in [1.807, 2.05) is 9.47 Å². The summed E-state index contributed by atoms with van der Waals surface area (Å²) in [6.07, 6.45) is 3.89. The van der Waals surface area contributed by atoms with E-state index in [0.29, 0.717) is 24.4 Å². The highest BCUT2D eigenvalue weighted by Gasteiger charge is 2.45. The highest BCUT2D eigenvalue weighted by Crippen LogP contribution is 2.40. The standard InChI is InChI=1S/C19H20FN3O4/c20-12-5-10-15(22(9-1-2-9)7-11(17(10)24)19(25)26)6-16(12)23-8-13(21)18-14(23)3-4-27-18/h5-7,9,13-14,18H,1-4,8,21H2,(H,25,26). The van der Waals surface area contributed by atoms with E-state index in [-0.39, 0.29) is 35.2 Å². The minimum Gasteiger partial charge on any atom is -0.477 e. The number of carboxylic acid groups (broad SMARTS) is 1. The van der Waals surface area contributed by atoms with Gasteiger partial charge in [-0.3, -0.25) is 4.79 Å². The summed E-state index contributed by atoms with van der Waals surface area (Å²) in [6.45, 7) is 1.09. The van der Waals surface area contributed by atoms with Crippen molar-refractivity contribution in [1.82, 2.24) is 4.57 Å². The van der Waals surface area contributed by atoms with Crippen LogP contribution in [-0.2, 0) is 4.74 Å². The second kappa shape index (κ2) is 5.77. The first kappa shape index (κ1) is 16.7. The molecule has 8 heteroatoms. The summed E-state index contributed by atoms with van der Waals surface area (Å²) in [5.41, 5.74) is 6.15. The van der Waals surface area contributed by atoms with Crippen LogP contribution in [0.2, 0.25) is 0 Å². The number of hydrogen-bond acceptors (Lipinski definition) is 5. The summed E-state index contributed by atoms with van der Waals surface area (Å²) in [4.78, 5) is 25.9. The Balaban J connectivity index is 1.71. The molecule has 3 N–H and O–H groups in total. The molecule has 3 heterocycles. The number of pyridine rings is 1. The number of fused-ring (bicyclic) bond motifs is 2. The SMILES string of the molecule is NC1CN(c2cc3c(cc2F)c(=O)c(C(=O)O)cn3C2CC2)C2CCOC12. The molecule has 0 spiro atoms. The molecule has 1 saturated carbocycles. The largest absolute Gasteiger partial charge is 0.477 e. The molecule has 0 radical (unpaired) electrons. The maximum Gasteiger partial charge on any atom is 0.341 e. The summed E-state index contributed by atoms with van der Waals surface area (Å²) in [7, 11) is 0. The van der Waals surface area contributed by atoms with Gasteiger partial charge in [0, 0.05) is 30.8 Å². The zero-order valence-electron chi connectivity index (χ0n) is 14.6. The van der Waals surface area contributed by atoms with Crippen molar-refractivity contribution in [3.05, 3.63) is 39.9 Å². The fourth-order valence-electron chi connectivity index (χ4n) is 4.47. The Labute approximate surface area is 154 Å². The maximum absolute atomic E-state index is 15.0. The average molecular weight is 373 g/mol. The van der Waals surface area contributed by atoms with Crippen LogP contribution in [0.5, 0.6) is 0 Å². The number of carbonyl (C=O) groups is 1. The van der Waals surface area contributed by atoms with E-state index in [9.17, 15) is 19.1 Å². The number of rotatable bonds is 3. The highest BCUT2D eigenvalue weighted by atomic mass is 19.1. The fraction of sp³-hybridized carbons (Fsp3) is 0.474. The molecule has 1 aromatic carbocycles. The second-order valence-corrected chi connectivity index (χ2v) is 7.64. The predicted molar refractivity (Wildman–Crippen MR) is 96.9 cm³/mol. The third-order valence-electron chi connectivity index (χ3n) is 5.91. The number of hydrogen-bond donors (Lipinski definition) is 2. The fourth-order valence-corrected chi connectivity index (χ4v) is 4.47. The molecule has 1 aromatic heterocycles. The Morgan fingerprint density at radius 3 is 2.78 bits per heavy atom. The van der Waals surface area contributed by atoms with Crippen molar-refractivity contribution < 1.29 is 19.0 Å². The number of halogens is 1. The van der Waals surface area contributed by atoms with E-state index in [2.05, 4.69) is 0 Å². The van der Waals surface area contributed by atoms with Gasteiger partial charge in [0.1, 0.15) is 11.4 Å². The van der Waals surface area contributed by atoms with Crippen molar-refractivity contribution in [2.24, 2.45) is 5.73 Å². The zero-order valence-corrected chi connectivity index (χ0v) is 14.6. The molecule has 142 valence electrons. The molecule has 0 amide bonds. The molecule has 5 rings (SSSR count). The lowest BCUT2D eigenvalue weighted by Crippen LogP contribution is -2.35. The van der Waals surface area contributed by atoms with Gasteiger partial charge in [-0.15, -0.1) is 0 Å². The lowest BCUT2D eigenvalue weighted by atomic mass is 10.1. The van der Waals surface area contributed by atoms with Crippen LogP contribution in [0.1, 0.15) is 35.7 Å². The van der Waals surface area contributed by atoms with E-state index in [1.165, 1.54) is 12.3 Å². The van der Waals surface area contributed by atoms with Crippen LogP contribution >= 0.6 is 0 Å². The lowest BCUT2D eigenvalue weighted by molar-refractivity contribution is 0.0695. The van der Waals surface area contributed by atoms with E-state index in [1.54, 1.807) is 6.07 Å². The minimum absolute atomic E-state index is 0.0198. The van der Waals surface area contributed by atoms with Crippen molar-refractivity contribution in [3.8, 4) is 0 Å². The van der Waals surface area contributed by atoms with Crippen LogP contribution in [0.4, 0.5) is 10.1 Å². The van der Waals surface area contributed by atoms with Gasteiger partial charge in [0.2, 0.25) is 5.43 Å². The molecule has 7 nitrogen and oxygen atoms in total. The van der Waals surface area contributed by atoms with Gasteiger partial charge in [-0.2, -0.15) is 0 Å². The van der Waals surface area contributed by atoms with Gasteiger partial charge in [0.25, 0.3) is 0 Å². The molecule has 3 aliphatic rings. The Kier molecular flexibility index (Phi) is 3.57. The van der Waals surface area contributed by atoms with Crippen molar-refractivity contribution in [2.75, 3.05) is 18.1 Å². The zero-order chi connectivity index (χ0) is 18.9. The first-order valence-corrected chi connectivity index (χ1v) is 9.21. The molecule has 27 heavy (non-hydrogen) atoms. The smallest absolute Gasteiger partial charge is 0.341 e. The second-order valence-electron chi connectivity index (χ2n) is 7.64. The summed E-state index contributed by atoms with van der Waals surface area (Å²) < 4.78 is 22.5. The summed E-state index contributed by atoms with van der Waals surface area (Å²) >= 11 is 0. The summed E-state index contributed by atoms with van der Waals surface area (Å²) in [6, 6.07) is 2.82. The topological polar surface area (TPSA) is 97.8 Å². The van der Waals surface area contributed by atoms with Crippen molar-refractivity contribution in [3.63, 3.8) is 0 Å². The molecule has 2 saturated heterocycles. The molecule has 2 aliphatic heterocycles. The molecule has 3 fully saturated rings. The van der Waals surface area contributed by atoms with Gasteiger partial charge in [-0.25, -0.2) is 9.18 Å². The predicted octanol–water partition coefficient (Wildman–Crippen LogP) is 1.48. The van der Waals surface area contributed by atoms with Gasteiger partial charge in [0.05, 0.1) is 29.4 Å². The Bertz CT molecular complexity index is 1020. The molecule has 3 atom stereocenters. The van der Waals surface area contributed by atoms with Gasteiger partial charge in [-0.05, 0) is 31.4 Å². The van der Waals surface area contributed by atoms with Crippen LogP contribution in [-0.4, -0.2) is 47.0 Å². The maximum atomic E-state index is 15.0. The Morgan fingerprint density at radius 1 is 1.30 bits per heavy atom. The molecular formula is C19H20FN3O4. The van der Waals surface area contributed by atoms with E-state index < -0.39 is 17.2 Å². The number of aromatic carboxylic acids is 1. The van der Waals surface area contributed by atoms with E-state index in [4.69, 9.17) is 10.5 Å². The molecule has 2 aromatic rings. The van der Waals surface area contributed by atoms with Crippen molar-refractivity contribution >= 4 is 22.6 Å². The summed E-state index contributed by atoms with van der Waals surface area (Å²) in [5, 5.41) is 9.44. The number of nitrogens with two attached hydrogens (primary N) is 1. The lowest BCUT2D eigenvalue weighted by Gasteiger charge is -2.26. The number of carboxylic acids is 1. The van der Waals surface area contributed by atoms with Gasteiger partial charge < -0.3 is 25.0 Å². The minimum atomic E-state index is -1.29. The number of ether oxygens (including phenoxy) is 1.